The van der Waals surface area contributed by atoms with E-state index in [1.165, 1.54) is 7.11 Å². The first-order valence-electron chi connectivity index (χ1n) is 5.53. The zero-order valence-electron chi connectivity index (χ0n) is 10.5. The van der Waals surface area contributed by atoms with Crippen molar-refractivity contribution in [2.75, 3.05) is 20.8 Å². The average Bonchev–Trinajstić information content (AvgIpc) is 2.35. The third-order valence-corrected chi connectivity index (χ3v) is 2.75. The van der Waals surface area contributed by atoms with Crippen LogP contribution in [0.25, 0.3) is 0 Å². The third kappa shape index (κ3) is 3.46. The van der Waals surface area contributed by atoms with Crippen LogP contribution < -0.4 is 10.5 Å². The van der Waals surface area contributed by atoms with Crippen LogP contribution in [0.1, 0.15) is 23.5 Å². The quantitative estimate of drug-likeness (QED) is 0.790. The molecule has 0 amide bonds. The van der Waals surface area contributed by atoms with Crippen LogP contribution in [0.5, 0.6) is 5.75 Å². The van der Waals surface area contributed by atoms with Gasteiger partial charge >= 0.3 is 5.97 Å². The van der Waals surface area contributed by atoms with E-state index in [4.69, 9.17) is 10.5 Å². The Morgan fingerprint density at radius 2 is 2.12 bits per heavy atom. The number of ether oxygens (including phenoxy) is 2. The maximum atomic E-state index is 11.3. The summed E-state index contributed by atoms with van der Waals surface area (Å²) >= 11 is 0. The summed E-state index contributed by atoms with van der Waals surface area (Å²) in [7, 11) is 2.99. The molecule has 1 unspecified atom stereocenters. The summed E-state index contributed by atoms with van der Waals surface area (Å²) in [6, 6.07) is 5.86. The van der Waals surface area contributed by atoms with E-state index in [2.05, 4.69) is 4.74 Å². The van der Waals surface area contributed by atoms with Crippen molar-refractivity contribution in [2.45, 2.75) is 19.3 Å². The van der Waals surface area contributed by atoms with Gasteiger partial charge in [0.25, 0.3) is 0 Å². The minimum Gasteiger partial charge on any atom is -0.496 e. The third-order valence-electron chi connectivity index (χ3n) is 2.75. The first-order chi connectivity index (χ1) is 8.12. The zero-order valence-corrected chi connectivity index (χ0v) is 10.5. The van der Waals surface area contributed by atoms with E-state index in [0.717, 1.165) is 16.9 Å². The molecule has 0 aliphatic rings. The molecule has 0 saturated heterocycles. The highest BCUT2D eigenvalue weighted by Gasteiger charge is 2.18. The summed E-state index contributed by atoms with van der Waals surface area (Å²) in [5.74, 6) is 0.427. The van der Waals surface area contributed by atoms with E-state index in [9.17, 15) is 4.79 Å². The number of carbonyl (C=O) groups is 1. The number of aryl methyl sites for hydroxylation is 1. The molecule has 1 aromatic carbocycles. The molecule has 0 radical (unpaired) electrons. The Hall–Kier alpha value is -1.55. The molecule has 0 saturated carbocycles. The highest BCUT2D eigenvalue weighted by Crippen LogP contribution is 2.29. The first-order valence-corrected chi connectivity index (χ1v) is 5.53. The van der Waals surface area contributed by atoms with Gasteiger partial charge in [0.05, 0.1) is 20.6 Å². The molecule has 17 heavy (non-hydrogen) atoms. The Bertz CT molecular complexity index is 390. The van der Waals surface area contributed by atoms with E-state index in [0.29, 0.717) is 6.54 Å². The van der Waals surface area contributed by atoms with Crippen molar-refractivity contribution in [1.82, 2.24) is 0 Å². The standard InChI is InChI=1S/C13H19NO3/c1-9-4-5-12(16-2)11(6-9)10(8-14)7-13(15)17-3/h4-6,10H,7-8,14H2,1-3H3. The van der Waals surface area contributed by atoms with Crippen LogP contribution in [0.15, 0.2) is 18.2 Å². The molecule has 2 N–H and O–H groups in total. The Morgan fingerprint density at radius 1 is 1.41 bits per heavy atom. The average molecular weight is 237 g/mol. The lowest BCUT2D eigenvalue weighted by atomic mass is 9.93. The molecule has 0 fully saturated rings. The number of methoxy groups -OCH3 is 2. The first kappa shape index (κ1) is 13.5. The molecular weight excluding hydrogens is 218 g/mol. The number of hydrogen-bond acceptors (Lipinski definition) is 4. The van der Waals surface area contributed by atoms with Gasteiger partial charge in [0.2, 0.25) is 0 Å². The van der Waals surface area contributed by atoms with Crippen LogP contribution in [-0.4, -0.2) is 26.7 Å². The van der Waals surface area contributed by atoms with Gasteiger partial charge in [0, 0.05) is 5.92 Å². The van der Waals surface area contributed by atoms with Crippen molar-refractivity contribution >= 4 is 5.97 Å². The lowest BCUT2D eigenvalue weighted by Crippen LogP contribution is -2.18. The van der Waals surface area contributed by atoms with Crippen LogP contribution in [-0.2, 0) is 9.53 Å². The molecule has 0 aliphatic heterocycles. The highest BCUT2D eigenvalue weighted by atomic mass is 16.5. The van der Waals surface area contributed by atoms with Crippen LogP contribution in [0, 0.1) is 6.92 Å². The van der Waals surface area contributed by atoms with Crippen LogP contribution in [0.3, 0.4) is 0 Å². The van der Waals surface area contributed by atoms with Gasteiger partial charge in [0.1, 0.15) is 5.75 Å². The number of hydrogen-bond donors (Lipinski definition) is 1. The van der Waals surface area contributed by atoms with Crippen molar-refractivity contribution in [3.05, 3.63) is 29.3 Å². The predicted octanol–water partition coefficient (Wildman–Crippen LogP) is 1.61. The maximum Gasteiger partial charge on any atom is 0.306 e. The van der Waals surface area contributed by atoms with Gasteiger partial charge in [-0.2, -0.15) is 0 Å². The Morgan fingerprint density at radius 3 is 2.65 bits per heavy atom. The monoisotopic (exact) mass is 237 g/mol. The molecule has 1 atom stereocenters. The predicted molar refractivity (Wildman–Crippen MR) is 66.2 cm³/mol. The molecule has 94 valence electrons. The van der Waals surface area contributed by atoms with Gasteiger partial charge in [-0.05, 0) is 25.1 Å². The fourth-order valence-corrected chi connectivity index (χ4v) is 1.78. The molecule has 1 aromatic rings. The van der Waals surface area contributed by atoms with E-state index >= 15 is 0 Å². The van der Waals surface area contributed by atoms with Crippen molar-refractivity contribution in [2.24, 2.45) is 5.73 Å². The van der Waals surface area contributed by atoms with Crippen molar-refractivity contribution in [3.63, 3.8) is 0 Å². The summed E-state index contributed by atoms with van der Waals surface area (Å²) in [6.07, 6.45) is 0.271. The number of rotatable bonds is 5. The summed E-state index contributed by atoms with van der Waals surface area (Å²) in [5.41, 5.74) is 7.79. The van der Waals surface area contributed by atoms with E-state index < -0.39 is 0 Å². The van der Waals surface area contributed by atoms with Crippen LogP contribution in [0.4, 0.5) is 0 Å². The largest absolute Gasteiger partial charge is 0.496 e. The minimum absolute atomic E-state index is 0.0719. The lowest BCUT2D eigenvalue weighted by molar-refractivity contribution is -0.141. The number of carbonyl (C=O) groups excluding carboxylic acids is 1. The Kier molecular flexibility index (Phi) is 4.97. The second kappa shape index (κ2) is 6.25. The minimum atomic E-state index is -0.260. The molecule has 0 aliphatic carbocycles. The van der Waals surface area contributed by atoms with Gasteiger partial charge in [-0.25, -0.2) is 0 Å². The Balaban J connectivity index is 3.01. The van der Waals surface area contributed by atoms with Crippen molar-refractivity contribution in [3.8, 4) is 5.75 Å². The Labute approximate surface area is 102 Å². The molecule has 4 heteroatoms. The summed E-state index contributed by atoms with van der Waals surface area (Å²) in [5, 5.41) is 0. The van der Waals surface area contributed by atoms with Gasteiger partial charge in [-0.3, -0.25) is 4.79 Å². The topological polar surface area (TPSA) is 61.5 Å². The molecule has 0 aromatic heterocycles. The summed E-state index contributed by atoms with van der Waals surface area (Å²) in [6.45, 7) is 2.38. The van der Waals surface area contributed by atoms with Gasteiger partial charge in [-0.15, -0.1) is 0 Å². The zero-order chi connectivity index (χ0) is 12.8. The molecular formula is C13H19NO3. The summed E-state index contributed by atoms with van der Waals surface area (Å²) < 4.78 is 9.96. The maximum absolute atomic E-state index is 11.3. The fraction of sp³-hybridized carbons (Fsp3) is 0.462. The van der Waals surface area contributed by atoms with Gasteiger partial charge in [0.15, 0.2) is 0 Å². The second-order valence-electron chi connectivity index (χ2n) is 3.96. The highest BCUT2D eigenvalue weighted by molar-refractivity contribution is 5.70. The van der Waals surface area contributed by atoms with E-state index in [1.807, 2.05) is 25.1 Å². The second-order valence-corrected chi connectivity index (χ2v) is 3.96. The molecule has 0 heterocycles. The molecule has 1 rings (SSSR count). The number of nitrogens with two attached hydrogens (primary N) is 1. The SMILES string of the molecule is COC(=O)CC(CN)c1cc(C)ccc1OC. The normalized spacial score (nSPS) is 12.0. The molecule has 4 nitrogen and oxygen atoms in total. The van der Waals surface area contributed by atoms with Crippen molar-refractivity contribution in [1.29, 1.82) is 0 Å². The van der Waals surface area contributed by atoms with Crippen LogP contribution >= 0.6 is 0 Å². The smallest absolute Gasteiger partial charge is 0.306 e. The van der Waals surface area contributed by atoms with Crippen molar-refractivity contribution < 1.29 is 14.3 Å². The molecule has 0 bridgehead atoms. The molecule has 0 spiro atoms. The summed E-state index contributed by atoms with van der Waals surface area (Å²) in [4.78, 5) is 11.3. The van der Waals surface area contributed by atoms with Gasteiger partial charge < -0.3 is 15.2 Å². The fourth-order valence-electron chi connectivity index (χ4n) is 1.78. The van der Waals surface area contributed by atoms with E-state index in [1.54, 1.807) is 7.11 Å². The van der Waals surface area contributed by atoms with E-state index in [-0.39, 0.29) is 18.3 Å². The van der Waals surface area contributed by atoms with Crippen LogP contribution in [0.2, 0.25) is 0 Å². The number of esters is 1. The number of benzene rings is 1. The lowest BCUT2D eigenvalue weighted by Gasteiger charge is -2.17. The van der Waals surface area contributed by atoms with Gasteiger partial charge in [-0.1, -0.05) is 17.7 Å².